The minimum atomic E-state index is -2.63. The number of rotatable bonds is 2. The largest absolute Gasteiger partial charge is 0.383 e. The molecule has 0 aliphatic heterocycles. The Morgan fingerprint density at radius 1 is 1.54 bits per heavy atom. The van der Waals surface area contributed by atoms with Gasteiger partial charge in [-0.2, -0.15) is 0 Å². The molecule has 0 saturated carbocycles. The molecule has 0 aliphatic rings. The molecule has 4 N–H and O–H groups in total. The number of nitrogen functional groups attached to an aromatic ring is 1. The summed E-state index contributed by atoms with van der Waals surface area (Å²) < 4.78 is 24.9. The van der Waals surface area contributed by atoms with Crippen LogP contribution in [0.5, 0.6) is 0 Å². The SMILES string of the molecule is NCc1cc(Br)c(C(F)F)c(N)n1. The van der Waals surface area contributed by atoms with Crippen molar-refractivity contribution >= 4 is 21.7 Å². The molecule has 1 aromatic rings. The molecule has 0 aromatic carbocycles. The molecule has 0 radical (unpaired) electrons. The average Bonchev–Trinajstić information content (AvgIpc) is 2.02. The smallest absolute Gasteiger partial charge is 0.268 e. The molecule has 0 fully saturated rings. The molecular formula is C7H8BrF2N3. The molecule has 0 saturated heterocycles. The van der Waals surface area contributed by atoms with Gasteiger partial charge in [0, 0.05) is 11.0 Å². The fraction of sp³-hybridized carbons (Fsp3) is 0.286. The second kappa shape index (κ2) is 3.97. The van der Waals surface area contributed by atoms with Gasteiger partial charge in [-0.25, -0.2) is 13.8 Å². The van der Waals surface area contributed by atoms with E-state index in [2.05, 4.69) is 20.9 Å². The van der Waals surface area contributed by atoms with E-state index in [0.717, 1.165) is 0 Å². The molecule has 0 bridgehead atoms. The van der Waals surface area contributed by atoms with Gasteiger partial charge in [0.1, 0.15) is 5.82 Å². The van der Waals surface area contributed by atoms with Crippen molar-refractivity contribution in [3.8, 4) is 0 Å². The van der Waals surface area contributed by atoms with E-state index in [0.29, 0.717) is 5.69 Å². The van der Waals surface area contributed by atoms with E-state index in [4.69, 9.17) is 11.5 Å². The highest BCUT2D eigenvalue weighted by Crippen LogP contribution is 2.31. The number of nitrogens with zero attached hydrogens (tertiary/aromatic N) is 1. The first-order valence-corrected chi connectivity index (χ1v) is 4.28. The maximum Gasteiger partial charge on any atom is 0.268 e. The van der Waals surface area contributed by atoms with Crippen molar-refractivity contribution in [3.05, 3.63) is 21.8 Å². The van der Waals surface area contributed by atoms with E-state index >= 15 is 0 Å². The van der Waals surface area contributed by atoms with Crippen molar-refractivity contribution in [3.63, 3.8) is 0 Å². The highest BCUT2D eigenvalue weighted by molar-refractivity contribution is 9.10. The van der Waals surface area contributed by atoms with Crippen LogP contribution in [-0.4, -0.2) is 4.98 Å². The molecular weight excluding hydrogens is 244 g/mol. The van der Waals surface area contributed by atoms with E-state index in [9.17, 15) is 8.78 Å². The van der Waals surface area contributed by atoms with Crippen molar-refractivity contribution in [2.75, 3.05) is 5.73 Å². The predicted octanol–water partition coefficient (Wildman–Crippen LogP) is 1.82. The molecule has 1 aromatic heterocycles. The van der Waals surface area contributed by atoms with Crippen molar-refractivity contribution in [1.82, 2.24) is 4.98 Å². The standard InChI is InChI=1S/C7H8BrF2N3/c8-4-1-3(2-11)13-7(12)5(4)6(9)10/h1,6H,2,11H2,(H2,12,13). The van der Waals surface area contributed by atoms with Crippen LogP contribution >= 0.6 is 15.9 Å². The van der Waals surface area contributed by atoms with Crippen LogP contribution in [0.25, 0.3) is 0 Å². The quantitative estimate of drug-likeness (QED) is 0.843. The summed E-state index contributed by atoms with van der Waals surface area (Å²) in [5.41, 5.74) is 10.8. The van der Waals surface area contributed by atoms with Crippen LogP contribution in [0, 0.1) is 0 Å². The Kier molecular flexibility index (Phi) is 3.16. The zero-order chi connectivity index (χ0) is 10.0. The molecule has 0 atom stereocenters. The van der Waals surface area contributed by atoms with Crippen LogP contribution in [0.4, 0.5) is 14.6 Å². The number of hydrogen-bond donors (Lipinski definition) is 2. The van der Waals surface area contributed by atoms with Gasteiger partial charge in [-0.15, -0.1) is 0 Å². The summed E-state index contributed by atoms with van der Waals surface area (Å²) in [6.07, 6.45) is -2.63. The second-order valence-corrected chi connectivity index (χ2v) is 3.25. The zero-order valence-corrected chi connectivity index (χ0v) is 8.18. The van der Waals surface area contributed by atoms with Gasteiger partial charge in [-0.05, 0) is 6.07 Å². The lowest BCUT2D eigenvalue weighted by molar-refractivity contribution is 0.151. The Morgan fingerprint density at radius 2 is 2.15 bits per heavy atom. The van der Waals surface area contributed by atoms with Gasteiger partial charge in [0.2, 0.25) is 0 Å². The van der Waals surface area contributed by atoms with Crippen LogP contribution in [0.1, 0.15) is 17.7 Å². The molecule has 0 amide bonds. The Bertz CT molecular complexity index is 294. The third-order valence-corrected chi connectivity index (χ3v) is 2.17. The number of anilines is 1. The summed E-state index contributed by atoms with van der Waals surface area (Å²) in [7, 11) is 0. The van der Waals surface area contributed by atoms with Crippen LogP contribution in [-0.2, 0) is 6.54 Å². The molecule has 0 aliphatic carbocycles. The summed E-state index contributed by atoms with van der Waals surface area (Å²) in [4.78, 5) is 3.72. The number of pyridine rings is 1. The zero-order valence-electron chi connectivity index (χ0n) is 6.60. The Morgan fingerprint density at radius 3 is 2.54 bits per heavy atom. The number of halogens is 3. The number of hydrogen-bond acceptors (Lipinski definition) is 3. The third kappa shape index (κ3) is 2.13. The third-order valence-electron chi connectivity index (χ3n) is 1.52. The fourth-order valence-electron chi connectivity index (χ4n) is 0.914. The first-order chi connectivity index (χ1) is 6.06. The lowest BCUT2D eigenvalue weighted by atomic mass is 10.2. The average molecular weight is 252 g/mol. The summed E-state index contributed by atoms with van der Waals surface area (Å²) >= 11 is 2.98. The van der Waals surface area contributed by atoms with Crippen LogP contribution < -0.4 is 11.5 Å². The highest BCUT2D eigenvalue weighted by Gasteiger charge is 2.17. The second-order valence-electron chi connectivity index (χ2n) is 2.40. The van der Waals surface area contributed by atoms with Gasteiger partial charge in [0.25, 0.3) is 6.43 Å². The Hall–Kier alpha value is -0.750. The van der Waals surface area contributed by atoms with Gasteiger partial charge >= 0.3 is 0 Å². The molecule has 0 unspecified atom stereocenters. The summed E-state index contributed by atoms with van der Waals surface area (Å²) in [6.45, 7) is 0.173. The number of aromatic nitrogens is 1. The lowest BCUT2D eigenvalue weighted by Crippen LogP contribution is -2.06. The van der Waals surface area contributed by atoms with E-state index in [1.54, 1.807) is 0 Å². The summed E-state index contributed by atoms with van der Waals surface area (Å²) in [5.74, 6) is -0.176. The van der Waals surface area contributed by atoms with Gasteiger partial charge in [-0.1, -0.05) is 15.9 Å². The van der Waals surface area contributed by atoms with E-state index < -0.39 is 6.43 Å². The van der Waals surface area contributed by atoms with Crippen LogP contribution in [0.15, 0.2) is 10.5 Å². The summed E-state index contributed by atoms with van der Waals surface area (Å²) in [6, 6.07) is 1.44. The van der Waals surface area contributed by atoms with Crippen molar-refractivity contribution in [2.24, 2.45) is 5.73 Å². The van der Waals surface area contributed by atoms with Gasteiger partial charge in [0.05, 0.1) is 11.3 Å². The molecule has 6 heteroatoms. The predicted molar refractivity (Wildman–Crippen MR) is 49.2 cm³/mol. The topological polar surface area (TPSA) is 64.9 Å². The Balaban J connectivity index is 3.23. The van der Waals surface area contributed by atoms with Gasteiger partial charge in [0.15, 0.2) is 0 Å². The van der Waals surface area contributed by atoms with E-state index in [-0.39, 0.29) is 22.4 Å². The monoisotopic (exact) mass is 251 g/mol. The summed E-state index contributed by atoms with van der Waals surface area (Å²) in [5, 5.41) is 0. The highest BCUT2D eigenvalue weighted by atomic mass is 79.9. The van der Waals surface area contributed by atoms with E-state index in [1.165, 1.54) is 6.07 Å². The molecule has 1 heterocycles. The van der Waals surface area contributed by atoms with Crippen molar-refractivity contribution in [1.29, 1.82) is 0 Å². The maximum absolute atomic E-state index is 12.3. The molecule has 3 nitrogen and oxygen atoms in total. The van der Waals surface area contributed by atoms with Gasteiger partial charge < -0.3 is 11.5 Å². The number of alkyl halides is 2. The minimum absolute atomic E-state index is 0.173. The Labute approximate surface area is 82.3 Å². The molecule has 72 valence electrons. The normalized spacial score (nSPS) is 10.8. The maximum atomic E-state index is 12.3. The van der Waals surface area contributed by atoms with E-state index in [1.807, 2.05) is 0 Å². The molecule has 13 heavy (non-hydrogen) atoms. The van der Waals surface area contributed by atoms with Gasteiger partial charge in [-0.3, -0.25) is 0 Å². The first-order valence-electron chi connectivity index (χ1n) is 3.49. The number of nitrogens with two attached hydrogens (primary N) is 2. The molecule has 1 rings (SSSR count). The molecule has 0 spiro atoms. The fourth-order valence-corrected chi connectivity index (χ4v) is 1.55. The van der Waals surface area contributed by atoms with Crippen LogP contribution in [0.2, 0.25) is 0 Å². The van der Waals surface area contributed by atoms with Crippen LogP contribution in [0.3, 0.4) is 0 Å². The minimum Gasteiger partial charge on any atom is -0.383 e. The van der Waals surface area contributed by atoms with Crippen molar-refractivity contribution < 1.29 is 8.78 Å². The lowest BCUT2D eigenvalue weighted by Gasteiger charge is -2.07. The van der Waals surface area contributed by atoms with Crippen molar-refractivity contribution in [2.45, 2.75) is 13.0 Å². The first kappa shape index (κ1) is 10.3.